The Morgan fingerprint density at radius 3 is 2.68 bits per heavy atom. The smallest absolute Gasteiger partial charge is 0.387 e. The minimum Gasteiger partial charge on any atom is -0.387 e. The lowest BCUT2D eigenvalue weighted by Gasteiger charge is -2.18. The van der Waals surface area contributed by atoms with Crippen LogP contribution in [0.1, 0.15) is 11.8 Å². The van der Waals surface area contributed by atoms with Crippen LogP contribution in [0.3, 0.4) is 0 Å². The van der Waals surface area contributed by atoms with Crippen molar-refractivity contribution in [3.63, 3.8) is 0 Å². The Balaban J connectivity index is 1.36. The van der Waals surface area contributed by atoms with E-state index in [1.807, 2.05) is 0 Å². The van der Waals surface area contributed by atoms with Gasteiger partial charge in [0.1, 0.15) is 36.2 Å². The number of imidazole rings is 1. The quantitative estimate of drug-likeness (QED) is 0.244. The summed E-state index contributed by atoms with van der Waals surface area (Å²) in [5.74, 6) is -1.02. The lowest BCUT2D eigenvalue weighted by molar-refractivity contribution is -0.137. The Kier molecular flexibility index (Phi) is 6.91. The van der Waals surface area contributed by atoms with Crippen LogP contribution in [0.4, 0.5) is 5.82 Å². The molecule has 3 heterocycles. The van der Waals surface area contributed by atoms with Crippen LogP contribution in [-0.2, 0) is 29.6 Å². The molecule has 3 aromatic rings. The van der Waals surface area contributed by atoms with Gasteiger partial charge >= 0.3 is 13.8 Å². The molecule has 6 atom stereocenters. The third-order valence-corrected chi connectivity index (χ3v) is 6.09. The number of nitrogens with zero attached hydrogens (tertiary/aromatic N) is 4. The average molecular weight is 494 g/mol. The van der Waals surface area contributed by atoms with Crippen LogP contribution in [0.15, 0.2) is 43.0 Å². The Morgan fingerprint density at radius 2 is 1.94 bits per heavy atom. The minimum absolute atomic E-state index is 0.0882. The number of ether oxygens (including phenoxy) is 1. The SMILES string of the molecule is Nc1ncnc2c1ncn2C1OC(COP(=O)(O)OC(=O)C(N)Cc2ccccc2)C(O)C1O. The van der Waals surface area contributed by atoms with Crippen LogP contribution in [0.5, 0.6) is 0 Å². The van der Waals surface area contributed by atoms with Gasteiger partial charge in [0.05, 0.1) is 12.9 Å². The third kappa shape index (κ3) is 5.08. The maximum absolute atomic E-state index is 12.2. The Labute approximate surface area is 192 Å². The zero-order valence-corrected chi connectivity index (χ0v) is 18.5. The van der Waals surface area contributed by atoms with E-state index in [9.17, 15) is 24.5 Å². The van der Waals surface area contributed by atoms with E-state index in [-0.39, 0.29) is 23.4 Å². The number of rotatable bonds is 8. The van der Waals surface area contributed by atoms with Crippen LogP contribution in [0.25, 0.3) is 11.2 Å². The van der Waals surface area contributed by atoms with E-state index in [1.54, 1.807) is 30.3 Å². The number of nitrogen functional groups attached to an aromatic ring is 1. The lowest BCUT2D eigenvalue weighted by atomic mass is 10.1. The second-order valence-electron chi connectivity index (χ2n) is 7.60. The first-order valence-electron chi connectivity index (χ1n) is 10.1. The summed E-state index contributed by atoms with van der Waals surface area (Å²) in [6.07, 6.45) is -2.76. The lowest BCUT2D eigenvalue weighted by Crippen LogP contribution is -2.35. The first kappa shape index (κ1) is 24.2. The molecule has 0 radical (unpaired) electrons. The van der Waals surface area contributed by atoms with Crippen LogP contribution in [-0.4, -0.2) is 71.6 Å². The maximum atomic E-state index is 12.2. The van der Waals surface area contributed by atoms with E-state index in [1.165, 1.54) is 17.2 Å². The predicted octanol–water partition coefficient (Wildman–Crippen LogP) is -0.742. The Morgan fingerprint density at radius 1 is 1.21 bits per heavy atom. The monoisotopic (exact) mass is 494 g/mol. The van der Waals surface area contributed by atoms with Crippen LogP contribution in [0, 0.1) is 0 Å². The van der Waals surface area contributed by atoms with Crippen molar-refractivity contribution in [2.45, 2.75) is 37.0 Å². The summed E-state index contributed by atoms with van der Waals surface area (Å²) < 4.78 is 28.5. The summed E-state index contributed by atoms with van der Waals surface area (Å²) in [6, 6.07) is 7.60. The molecule has 2 aromatic heterocycles. The first-order valence-corrected chi connectivity index (χ1v) is 11.6. The molecule has 6 unspecified atom stereocenters. The van der Waals surface area contributed by atoms with Gasteiger partial charge in [-0.05, 0) is 12.0 Å². The molecular weight excluding hydrogens is 471 g/mol. The van der Waals surface area contributed by atoms with Gasteiger partial charge in [-0.1, -0.05) is 30.3 Å². The molecular formula is C19H23N6O8P. The van der Waals surface area contributed by atoms with Crippen molar-refractivity contribution in [1.82, 2.24) is 19.5 Å². The third-order valence-electron chi connectivity index (χ3n) is 5.21. The molecule has 14 nitrogen and oxygen atoms in total. The van der Waals surface area contributed by atoms with E-state index in [2.05, 4.69) is 19.5 Å². The summed E-state index contributed by atoms with van der Waals surface area (Å²) in [5, 5.41) is 20.8. The molecule has 1 aliphatic rings. The number of fused-ring (bicyclic) bond motifs is 1. The number of aliphatic hydroxyl groups is 2. The number of carbonyl (C=O) groups is 1. The van der Waals surface area contributed by atoms with Crippen LogP contribution in [0.2, 0.25) is 0 Å². The fourth-order valence-electron chi connectivity index (χ4n) is 3.48. The van der Waals surface area contributed by atoms with Crippen molar-refractivity contribution >= 4 is 30.8 Å². The highest BCUT2D eigenvalue weighted by atomic mass is 31.2. The molecule has 1 fully saturated rings. The van der Waals surface area contributed by atoms with Gasteiger partial charge in [0, 0.05) is 0 Å². The van der Waals surface area contributed by atoms with Crippen LogP contribution >= 0.6 is 7.82 Å². The molecule has 4 rings (SSSR count). The van der Waals surface area contributed by atoms with Gasteiger partial charge in [-0.15, -0.1) is 0 Å². The number of benzene rings is 1. The Bertz CT molecular complexity index is 1210. The van der Waals surface area contributed by atoms with Crippen molar-refractivity contribution in [3.05, 3.63) is 48.5 Å². The minimum atomic E-state index is -4.89. The van der Waals surface area contributed by atoms with Gasteiger partial charge in [0.15, 0.2) is 17.7 Å². The number of aliphatic hydroxyl groups excluding tert-OH is 2. The summed E-state index contributed by atoms with van der Waals surface area (Å²) in [5.41, 5.74) is 12.8. The zero-order chi connectivity index (χ0) is 24.5. The van der Waals surface area contributed by atoms with E-state index in [0.29, 0.717) is 0 Å². The normalized spacial score (nSPS) is 25.2. The van der Waals surface area contributed by atoms with Crippen molar-refractivity contribution in [2.24, 2.45) is 5.73 Å². The first-order chi connectivity index (χ1) is 16.2. The highest BCUT2D eigenvalue weighted by Crippen LogP contribution is 2.45. The average Bonchev–Trinajstić information content (AvgIpc) is 3.35. The van der Waals surface area contributed by atoms with Gasteiger partial charge < -0.3 is 30.9 Å². The van der Waals surface area contributed by atoms with E-state index < -0.39 is 51.0 Å². The second-order valence-corrected chi connectivity index (χ2v) is 8.98. The molecule has 182 valence electrons. The molecule has 34 heavy (non-hydrogen) atoms. The fourth-order valence-corrected chi connectivity index (χ4v) is 4.23. The summed E-state index contributed by atoms with van der Waals surface area (Å²) >= 11 is 0. The van der Waals surface area contributed by atoms with Crippen LogP contribution < -0.4 is 11.5 Å². The van der Waals surface area contributed by atoms with Crippen molar-refractivity contribution in [1.29, 1.82) is 0 Å². The number of carbonyl (C=O) groups excluding carboxylic acids is 1. The number of phosphoric ester groups is 1. The molecule has 0 bridgehead atoms. The molecule has 15 heteroatoms. The van der Waals surface area contributed by atoms with Crippen molar-refractivity contribution in [2.75, 3.05) is 12.3 Å². The summed E-state index contributed by atoms with van der Waals surface area (Å²) in [6.45, 7) is -0.673. The number of phosphoric acid groups is 1. The zero-order valence-electron chi connectivity index (χ0n) is 17.6. The molecule has 0 spiro atoms. The van der Waals surface area contributed by atoms with Crippen molar-refractivity contribution in [3.8, 4) is 0 Å². The maximum Gasteiger partial charge on any atom is 0.529 e. The number of anilines is 1. The van der Waals surface area contributed by atoms with E-state index in [0.717, 1.165) is 5.56 Å². The van der Waals surface area contributed by atoms with Gasteiger partial charge in [-0.25, -0.2) is 24.3 Å². The molecule has 7 N–H and O–H groups in total. The topological polar surface area (TPSA) is 218 Å². The van der Waals surface area contributed by atoms with Gasteiger partial charge in [-0.2, -0.15) is 0 Å². The molecule has 0 amide bonds. The number of hydrogen-bond acceptors (Lipinski definition) is 12. The Hall–Kier alpha value is -2.97. The van der Waals surface area contributed by atoms with E-state index >= 15 is 0 Å². The standard InChI is InChI=1S/C19H23N6O8P/c20-11(6-10-4-2-1-3-5-10)19(28)33-34(29,30)31-7-12-14(26)15(27)18(32-12)25-9-24-13-16(21)22-8-23-17(13)25/h1-5,8-9,11-12,14-15,18,26-27H,6-7,20H2,(H,29,30)(H2,21,22,23). The summed E-state index contributed by atoms with van der Waals surface area (Å²) in [4.78, 5) is 34.0. The van der Waals surface area contributed by atoms with Gasteiger partial charge in [-0.3, -0.25) is 14.0 Å². The second kappa shape index (κ2) is 9.72. The van der Waals surface area contributed by atoms with E-state index in [4.69, 9.17) is 20.7 Å². The highest BCUT2D eigenvalue weighted by molar-refractivity contribution is 7.48. The number of hydrogen-bond donors (Lipinski definition) is 5. The molecule has 1 aromatic carbocycles. The molecule has 1 saturated heterocycles. The van der Waals surface area contributed by atoms with Gasteiger partial charge in [0.25, 0.3) is 0 Å². The molecule has 0 saturated carbocycles. The highest BCUT2D eigenvalue weighted by Gasteiger charge is 2.45. The summed E-state index contributed by atoms with van der Waals surface area (Å²) in [7, 11) is -4.89. The fraction of sp³-hybridized carbons (Fsp3) is 0.368. The van der Waals surface area contributed by atoms with Crippen molar-refractivity contribution < 1.29 is 38.3 Å². The van der Waals surface area contributed by atoms with Gasteiger partial charge in [0.2, 0.25) is 0 Å². The predicted molar refractivity (Wildman–Crippen MR) is 116 cm³/mol. The molecule has 0 aliphatic carbocycles. The number of nitrogens with two attached hydrogens (primary N) is 2. The molecule has 1 aliphatic heterocycles. The largest absolute Gasteiger partial charge is 0.529 e. The number of aromatic nitrogens is 4.